The number of aromatic carboxylic acids is 1. The van der Waals surface area contributed by atoms with E-state index in [1.54, 1.807) is 13.0 Å². The first-order chi connectivity index (χ1) is 8.04. The Bertz CT molecular complexity index is 466. The molecule has 0 aliphatic carbocycles. The molecule has 0 saturated carbocycles. The molecule has 0 saturated heterocycles. The van der Waals surface area contributed by atoms with Gasteiger partial charge < -0.3 is 15.6 Å². The number of benzene rings is 1. The number of nitrogens with two attached hydrogens (primary N) is 1. The maximum atomic E-state index is 11.1. The number of nitrogen functional groups attached to an aromatic ring is 1. The number of carboxylic acids is 1. The van der Waals surface area contributed by atoms with Crippen molar-refractivity contribution >= 4 is 23.7 Å². The normalized spacial score (nSPS) is 10.4. The summed E-state index contributed by atoms with van der Waals surface area (Å²) < 4.78 is 4.70. The number of esters is 1. The van der Waals surface area contributed by atoms with Crippen LogP contribution < -0.4 is 5.73 Å². The zero-order valence-corrected chi connectivity index (χ0v) is 9.34. The van der Waals surface area contributed by atoms with Crippen molar-refractivity contribution < 1.29 is 19.4 Å². The summed E-state index contributed by atoms with van der Waals surface area (Å²) in [7, 11) is 0. The minimum absolute atomic E-state index is 0.0102. The zero-order chi connectivity index (χ0) is 12.8. The summed E-state index contributed by atoms with van der Waals surface area (Å²) in [5, 5.41) is 8.86. The molecular formula is C12H13NO4. The van der Waals surface area contributed by atoms with Crippen molar-refractivity contribution in [2.75, 3.05) is 12.3 Å². The molecule has 0 atom stereocenters. The lowest BCUT2D eigenvalue weighted by atomic mass is 10.1. The number of anilines is 1. The first-order valence-corrected chi connectivity index (χ1v) is 5.02. The average Bonchev–Trinajstić information content (AvgIpc) is 2.28. The molecule has 3 N–H and O–H groups in total. The van der Waals surface area contributed by atoms with E-state index in [0.717, 1.165) is 0 Å². The van der Waals surface area contributed by atoms with Crippen LogP contribution in [0.15, 0.2) is 24.3 Å². The molecule has 1 aromatic carbocycles. The minimum Gasteiger partial charge on any atom is -0.478 e. The number of hydrogen-bond donors (Lipinski definition) is 2. The van der Waals surface area contributed by atoms with Crippen LogP contribution in [0.3, 0.4) is 0 Å². The molecule has 5 heteroatoms. The van der Waals surface area contributed by atoms with Gasteiger partial charge in [0.2, 0.25) is 0 Å². The van der Waals surface area contributed by atoms with Crippen LogP contribution in [0.2, 0.25) is 0 Å². The van der Waals surface area contributed by atoms with Gasteiger partial charge in [0.1, 0.15) is 0 Å². The Morgan fingerprint density at radius 2 is 2.18 bits per heavy atom. The van der Waals surface area contributed by atoms with E-state index < -0.39 is 11.9 Å². The van der Waals surface area contributed by atoms with E-state index in [1.807, 2.05) is 0 Å². The average molecular weight is 235 g/mol. The standard InChI is InChI=1S/C12H13NO4/c1-2-17-11(14)6-4-8-3-5-10(13)9(7-8)12(15)16/h3-7H,2,13H2,1H3,(H,15,16). The topological polar surface area (TPSA) is 89.6 Å². The summed E-state index contributed by atoms with van der Waals surface area (Å²) in [6, 6.07) is 4.50. The van der Waals surface area contributed by atoms with Crippen LogP contribution in [0.1, 0.15) is 22.8 Å². The van der Waals surface area contributed by atoms with Crippen molar-refractivity contribution in [1.82, 2.24) is 0 Å². The number of carboxylic acid groups (broad SMARTS) is 1. The first-order valence-electron chi connectivity index (χ1n) is 5.02. The lowest BCUT2D eigenvalue weighted by Crippen LogP contribution is -2.02. The highest BCUT2D eigenvalue weighted by Gasteiger charge is 2.07. The van der Waals surface area contributed by atoms with Gasteiger partial charge in [0, 0.05) is 11.8 Å². The van der Waals surface area contributed by atoms with Crippen LogP contribution in [0.4, 0.5) is 5.69 Å². The summed E-state index contributed by atoms with van der Waals surface area (Å²) >= 11 is 0. The summed E-state index contributed by atoms with van der Waals surface area (Å²) in [6.45, 7) is 2.00. The van der Waals surface area contributed by atoms with Gasteiger partial charge in [-0.05, 0) is 30.7 Å². The van der Waals surface area contributed by atoms with Gasteiger partial charge in [-0.2, -0.15) is 0 Å². The van der Waals surface area contributed by atoms with E-state index in [0.29, 0.717) is 12.2 Å². The molecule has 0 fully saturated rings. The largest absolute Gasteiger partial charge is 0.478 e. The molecule has 0 amide bonds. The highest BCUT2D eigenvalue weighted by Crippen LogP contribution is 2.15. The third kappa shape index (κ3) is 3.64. The van der Waals surface area contributed by atoms with E-state index in [1.165, 1.54) is 24.3 Å². The maximum absolute atomic E-state index is 11.1. The molecule has 0 aliphatic heterocycles. The van der Waals surface area contributed by atoms with Crippen LogP contribution >= 0.6 is 0 Å². The molecule has 90 valence electrons. The molecule has 1 rings (SSSR count). The summed E-state index contributed by atoms with van der Waals surface area (Å²) in [4.78, 5) is 21.9. The van der Waals surface area contributed by atoms with Gasteiger partial charge in [-0.1, -0.05) is 6.07 Å². The molecule has 0 heterocycles. The van der Waals surface area contributed by atoms with Gasteiger partial charge in [0.25, 0.3) is 0 Å². The van der Waals surface area contributed by atoms with Gasteiger partial charge in [0.15, 0.2) is 0 Å². The first kappa shape index (κ1) is 12.8. The van der Waals surface area contributed by atoms with Crippen LogP contribution in [0.25, 0.3) is 6.08 Å². The number of carbonyl (C=O) groups excluding carboxylic acids is 1. The molecule has 0 radical (unpaired) electrons. The van der Waals surface area contributed by atoms with Crippen molar-refractivity contribution in [3.05, 3.63) is 35.4 Å². The second-order valence-corrected chi connectivity index (χ2v) is 3.24. The van der Waals surface area contributed by atoms with Gasteiger partial charge >= 0.3 is 11.9 Å². The Labute approximate surface area is 98.5 Å². The smallest absolute Gasteiger partial charge is 0.337 e. The second-order valence-electron chi connectivity index (χ2n) is 3.24. The lowest BCUT2D eigenvalue weighted by molar-refractivity contribution is -0.137. The predicted octanol–water partition coefficient (Wildman–Crippen LogP) is 1.54. The van der Waals surface area contributed by atoms with Crippen molar-refractivity contribution in [2.24, 2.45) is 0 Å². The Morgan fingerprint density at radius 3 is 2.76 bits per heavy atom. The SMILES string of the molecule is CCOC(=O)C=Cc1ccc(N)c(C(=O)O)c1. The fourth-order valence-electron chi connectivity index (χ4n) is 1.22. The zero-order valence-electron chi connectivity index (χ0n) is 9.34. The molecule has 0 bridgehead atoms. The fourth-order valence-corrected chi connectivity index (χ4v) is 1.22. The van der Waals surface area contributed by atoms with Crippen molar-refractivity contribution in [3.63, 3.8) is 0 Å². The fraction of sp³-hybridized carbons (Fsp3) is 0.167. The molecule has 17 heavy (non-hydrogen) atoms. The van der Waals surface area contributed by atoms with Crippen LogP contribution in [-0.2, 0) is 9.53 Å². The van der Waals surface area contributed by atoms with E-state index in [4.69, 9.17) is 15.6 Å². The Morgan fingerprint density at radius 1 is 1.47 bits per heavy atom. The van der Waals surface area contributed by atoms with Crippen LogP contribution in [0.5, 0.6) is 0 Å². The predicted molar refractivity (Wildman–Crippen MR) is 63.5 cm³/mol. The molecule has 5 nitrogen and oxygen atoms in total. The molecule has 0 spiro atoms. The van der Waals surface area contributed by atoms with Gasteiger partial charge in [0.05, 0.1) is 12.2 Å². The summed E-state index contributed by atoms with van der Waals surface area (Å²) in [5.41, 5.74) is 6.27. The van der Waals surface area contributed by atoms with Crippen LogP contribution in [0, 0.1) is 0 Å². The van der Waals surface area contributed by atoms with Gasteiger partial charge in [-0.25, -0.2) is 9.59 Å². The molecule has 0 unspecified atom stereocenters. The van der Waals surface area contributed by atoms with Crippen LogP contribution in [-0.4, -0.2) is 23.7 Å². The monoisotopic (exact) mass is 235 g/mol. The van der Waals surface area contributed by atoms with Crippen molar-refractivity contribution in [3.8, 4) is 0 Å². The van der Waals surface area contributed by atoms with E-state index in [2.05, 4.69) is 0 Å². The number of hydrogen-bond acceptors (Lipinski definition) is 4. The molecule has 0 aliphatic rings. The summed E-state index contributed by atoms with van der Waals surface area (Å²) in [6.07, 6.45) is 2.71. The van der Waals surface area contributed by atoms with Gasteiger partial charge in [-0.3, -0.25) is 0 Å². The molecular weight excluding hydrogens is 222 g/mol. The minimum atomic E-state index is -1.10. The Balaban J connectivity index is 2.89. The number of carbonyl (C=O) groups is 2. The third-order valence-corrected chi connectivity index (χ3v) is 2.01. The molecule has 1 aromatic rings. The third-order valence-electron chi connectivity index (χ3n) is 2.01. The van der Waals surface area contributed by atoms with E-state index >= 15 is 0 Å². The maximum Gasteiger partial charge on any atom is 0.337 e. The lowest BCUT2D eigenvalue weighted by Gasteiger charge is -2.01. The highest BCUT2D eigenvalue weighted by atomic mass is 16.5. The Hall–Kier alpha value is -2.30. The molecule has 0 aromatic heterocycles. The summed E-state index contributed by atoms with van der Waals surface area (Å²) in [5.74, 6) is -1.57. The van der Waals surface area contributed by atoms with Crippen molar-refractivity contribution in [2.45, 2.75) is 6.92 Å². The van der Waals surface area contributed by atoms with E-state index in [9.17, 15) is 9.59 Å². The number of rotatable bonds is 4. The second kappa shape index (κ2) is 5.69. The highest BCUT2D eigenvalue weighted by molar-refractivity contribution is 5.95. The number of ether oxygens (including phenoxy) is 1. The van der Waals surface area contributed by atoms with Crippen molar-refractivity contribution in [1.29, 1.82) is 0 Å². The van der Waals surface area contributed by atoms with Gasteiger partial charge in [-0.15, -0.1) is 0 Å². The Kier molecular flexibility index (Phi) is 4.28. The van der Waals surface area contributed by atoms with E-state index in [-0.39, 0.29) is 11.3 Å². The quantitative estimate of drug-likeness (QED) is 0.469.